The normalized spacial score (nSPS) is 25.1. The molecular formula is C18H34N4O4S. The summed E-state index contributed by atoms with van der Waals surface area (Å²) in [4.78, 5) is 16.9. The first-order valence-electron chi connectivity index (χ1n) is 10.1. The van der Waals surface area contributed by atoms with Crippen LogP contribution in [0.4, 0.5) is 0 Å². The Kier molecular flexibility index (Phi) is 6.79. The third-order valence-corrected chi connectivity index (χ3v) is 7.95. The molecule has 3 fully saturated rings. The lowest BCUT2D eigenvalue weighted by atomic mass is 10.0. The Morgan fingerprint density at radius 3 is 2.26 bits per heavy atom. The van der Waals surface area contributed by atoms with Crippen LogP contribution >= 0.6 is 0 Å². The van der Waals surface area contributed by atoms with E-state index in [4.69, 9.17) is 4.74 Å². The van der Waals surface area contributed by atoms with Gasteiger partial charge in [-0.05, 0) is 32.1 Å². The number of likely N-dealkylation sites (N-methyl/N-ethyl adjacent to an activating group) is 1. The van der Waals surface area contributed by atoms with Crippen molar-refractivity contribution in [3.8, 4) is 0 Å². The summed E-state index contributed by atoms with van der Waals surface area (Å²) in [5, 5.41) is 0. The molecule has 0 aromatic rings. The minimum Gasteiger partial charge on any atom is -0.381 e. The lowest BCUT2D eigenvalue weighted by molar-refractivity contribution is -0.131. The molecule has 0 bridgehead atoms. The third-order valence-electron chi connectivity index (χ3n) is 6.06. The second kappa shape index (κ2) is 8.73. The third kappa shape index (κ3) is 5.00. The molecule has 2 aliphatic heterocycles. The molecule has 1 saturated carbocycles. The van der Waals surface area contributed by atoms with Gasteiger partial charge in [-0.1, -0.05) is 0 Å². The van der Waals surface area contributed by atoms with Crippen LogP contribution in [0.5, 0.6) is 0 Å². The number of carbonyl (C=O) groups excluding carboxylic acids is 1. The Morgan fingerprint density at radius 1 is 1.00 bits per heavy atom. The molecule has 3 rings (SSSR count). The summed E-state index contributed by atoms with van der Waals surface area (Å²) in [6.07, 6.45) is 4.99. The standard InChI is InChI=1S/C18H34N4O4S/c1-19(2)27(24,25)20(3)10-11-22(16-7-12-26-13-8-16)17-6-9-21(14-17)18(23)15-4-5-15/h15-17H,4-14H2,1-3H3. The summed E-state index contributed by atoms with van der Waals surface area (Å²) in [6, 6.07) is 0.710. The van der Waals surface area contributed by atoms with Gasteiger partial charge in [-0.15, -0.1) is 0 Å². The molecule has 2 heterocycles. The number of nitrogens with zero attached hydrogens (tertiary/aromatic N) is 4. The largest absolute Gasteiger partial charge is 0.381 e. The first-order valence-corrected chi connectivity index (χ1v) is 11.5. The average Bonchev–Trinajstić information content (AvgIpc) is 3.39. The Balaban J connectivity index is 1.63. The van der Waals surface area contributed by atoms with E-state index in [9.17, 15) is 13.2 Å². The van der Waals surface area contributed by atoms with Crippen LogP contribution in [-0.2, 0) is 19.7 Å². The van der Waals surface area contributed by atoms with Gasteiger partial charge in [0, 0.05) is 78.5 Å². The van der Waals surface area contributed by atoms with E-state index in [1.807, 2.05) is 4.90 Å². The van der Waals surface area contributed by atoms with Crippen molar-refractivity contribution in [3.63, 3.8) is 0 Å². The smallest absolute Gasteiger partial charge is 0.281 e. The molecule has 9 heteroatoms. The molecule has 0 N–H and O–H groups in total. The molecule has 3 aliphatic rings. The van der Waals surface area contributed by atoms with Crippen molar-refractivity contribution < 1.29 is 17.9 Å². The van der Waals surface area contributed by atoms with Crippen LogP contribution in [0.2, 0.25) is 0 Å². The van der Waals surface area contributed by atoms with E-state index in [2.05, 4.69) is 4.90 Å². The van der Waals surface area contributed by atoms with Gasteiger partial charge in [0.25, 0.3) is 10.2 Å². The highest BCUT2D eigenvalue weighted by atomic mass is 32.2. The Morgan fingerprint density at radius 2 is 1.67 bits per heavy atom. The fourth-order valence-electron chi connectivity index (χ4n) is 4.13. The minimum atomic E-state index is -3.40. The van der Waals surface area contributed by atoms with E-state index in [1.165, 1.54) is 8.61 Å². The number of rotatable bonds is 8. The summed E-state index contributed by atoms with van der Waals surface area (Å²) < 4.78 is 32.8. The fraction of sp³-hybridized carbons (Fsp3) is 0.944. The highest BCUT2D eigenvalue weighted by Crippen LogP contribution is 2.33. The summed E-state index contributed by atoms with van der Waals surface area (Å²) >= 11 is 0. The summed E-state index contributed by atoms with van der Waals surface area (Å²) in [5.74, 6) is 0.577. The van der Waals surface area contributed by atoms with Crippen molar-refractivity contribution in [2.45, 2.75) is 44.2 Å². The maximum atomic E-state index is 12.4. The zero-order valence-electron chi connectivity index (χ0n) is 16.8. The van der Waals surface area contributed by atoms with Crippen molar-refractivity contribution >= 4 is 16.1 Å². The zero-order valence-corrected chi connectivity index (χ0v) is 17.7. The average molecular weight is 403 g/mol. The lowest BCUT2D eigenvalue weighted by Crippen LogP contribution is -2.51. The van der Waals surface area contributed by atoms with Gasteiger partial charge >= 0.3 is 0 Å². The van der Waals surface area contributed by atoms with Crippen LogP contribution in [-0.4, -0.2) is 105 Å². The van der Waals surface area contributed by atoms with Gasteiger partial charge in [-0.2, -0.15) is 17.0 Å². The van der Waals surface area contributed by atoms with Crippen LogP contribution < -0.4 is 0 Å². The van der Waals surface area contributed by atoms with Gasteiger partial charge in [0.05, 0.1) is 0 Å². The highest BCUT2D eigenvalue weighted by molar-refractivity contribution is 7.86. The molecule has 1 atom stereocenters. The molecule has 2 saturated heterocycles. The number of hydrogen-bond acceptors (Lipinski definition) is 5. The van der Waals surface area contributed by atoms with E-state index in [1.54, 1.807) is 21.1 Å². The lowest BCUT2D eigenvalue weighted by Gasteiger charge is -2.39. The second-order valence-corrected chi connectivity index (χ2v) is 10.4. The number of ether oxygens (including phenoxy) is 1. The van der Waals surface area contributed by atoms with Crippen molar-refractivity contribution in [2.75, 3.05) is 60.5 Å². The van der Waals surface area contributed by atoms with Crippen LogP contribution in [0.15, 0.2) is 0 Å². The van der Waals surface area contributed by atoms with E-state index in [0.29, 0.717) is 31.1 Å². The van der Waals surface area contributed by atoms with Crippen LogP contribution in [0, 0.1) is 5.92 Å². The molecule has 8 nitrogen and oxygen atoms in total. The maximum absolute atomic E-state index is 12.4. The molecule has 156 valence electrons. The molecule has 1 amide bonds. The monoisotopic (exact) mass is 402 g/mol. The van der Waals surface area contributed by atoms with Crippen LogP contribution in [0.25, 0.3) is 0 Å². The van der Waals surface area contributed by atoms with Gasteiger partial charge in [0.15, 0.2) is 0 Å². The first kappa shape index (κ1) is 21.0. The molecule has 1 aliphatic carbocycles. The summed E-state index contributed by atoms with van der Waals surface area (Å²) in [5.41, 5.74) is 0. The van der Waals surface area contributed by atoms with Crippen LogP contribution in [0.1, 0.15) is 32.1 Å². The first-order chi connectivity index (χ1) is 12.8. The summed E-state index contributed by atoms with van der Waals surface area (Å²) in [6.45, 7) is 4.24. The minimum absolute atomic E-state index is 0.261. The molecule has 0 radical (unpaired) electrons. The number of carbonyl (C=O) groups is 1. The highest BCUT2D eigenvalue weighted by Gasteiger charge is 2.39. The van der Waals surface area contributed by atoms with Crippen LogP contribution in [0.3, 0.4) is 0 Å². The SMILES string of the molecule is CN(C)S(=O)(=O)N(C)CCN(C1CCOCC1)C1CCN(C(=O)C2CC2)C1. The van der Waals surface area contributed by atoms with E-state index >= 15 is 0 Å². The van der Waals surface area contributed by atoms with Gasteiger partial charge < -0.3 is 9.64 Å². The van der Waals surface area contributed by atoms with Gasteiger partial charge in [0.1, 0.15) is 0 Å². The molecule has 27 heavy (non-hydrogen) atoms. The van der Waals surface area contributed by atoms with Crippen molar-refractivity contribution in [2.24, 2.45) is 5.92 Å². The molecule has 0 aromatic heterocycles. The number of hydrogen-bond donors (Lipinski definition) is 0. The Bertz CT molecular complexity index is 617. The number of amides is 1. The van der Waals surface area contributed by atoms with E-state index in [-0.39, 0.29) is 5.92 Å². The van der Waals surface area contributed by atoms with Crippen molar-refractivity contribution in [1.29, 1.82) is 0 Å². The van der Waals surface area contributed by atoms with Gasteiger partial charge in [-0.3, -0.25) is 9.69 Å². The zero-order chi connectivity index (χ0) is 19.6. The predicted molar refractivity (Wildman–Crippen MR) is 103 cm³/mol. The van der Waals surface area contributed by atoms with E-state index in [0.717, 1.165) is 58.4 Å². The molecule has 1 unspecified atom stereocenters. The van der Waals surface area contributed by atoms with Crippen molar-refractivity contribution in [1.82, 2.24) is 18.4 Å². The van der Waals surface area contributed by atoms with Crippen molar-refractivity contribution in [3.05, 3.63) is 0 Å². The van der Waals surface area contributed by atoms with E-state index < -0.39 is 10.2 Å². The molecule has 0 spiro atoms. The maximum Gasteiger partial charge on any atom is 0.281 e. The quantitative estimate of drug-likeness (QED) is 0.581. The Labute approximate surface area is 163 Å². The second-order valence-electron chi connectivity index (χ2n) is 8.19. The molecular weight excluding hydrogens is 368 g/mol. The summed E-state index contributed by atoms with van der Waals surface area (Å²) in [7, 11) is 1.34. The topological polar surface area (TPSA) is 73.4 Å². The Hall–Kier alpha value is -0.740. The fourth-order valence-corrected chi connectivity index (χ4v) is 5.00. The predicted octanol–water partition coefficient (Wildman–Crippen LogP) is 0.217. The molecule has 0 aromatic carbocycles. The number of likely N-dealkylation sites (tertiary alicyclic amines) is 1. The van der Waals surface area contributed by atoms with Gasteiger partial charge in [0.2, 0.25) is 5.91 Å². The van der Waals surface area contributed by atoms with Gasteiger partial charge in [-0.25, -0.2) is 0 Å².